The van der Waals surface area contributed by atoms with Crippen molar-refractivity contribution in [3.05, 3.63) is 24.0 Å². The molecule has 2 fully saturated rings. The number of carbonyl (C=O) groups excluding carboxylic acids is 2. The Bertz CT molecular complexity index is 671. The van der Waals surface area contributed by atoms with E-state index in [2.05, 4.69) is 10.2 Å². The van der Waals surface area contributed by atoms with Crippen molar-refractivity contribution in [1.29, 1.82) is 0 Å². The van der Waals surface area contributed by atoms with Gasteiger partial charge in [0.2, 0.25) is 5.91 Å². The third kappa shape index (κ3) is 5.09. The Morgan fingerprint density at radius 1 is 1.04 bits per heavy atom. The van der Waals surface area contributed by atoms with Gasteiger partial charge in [-0.2, -0.15) is 0 Å². The normalized spacial score (nSPS) is 18.3. The Kier molecular flexibility index (Phi) is 6.49. The van der Waals surface area contributed by atoms with Crippen LogP contribution in [0.4, 0.5) is 14.9 Å². The molecule has 1 aromatic rings. The highest BCUT2D eigenvalue weighted by Gasteiger charge is 2.25. The number of urea groups is 1. The van der Waals surface area contributed by atoms with Gasteiger partial charge >= 0.3 is 6.03 Å². The van der Waals surface area contributed by atoms with Gasteiger partial charge in [0.25, 0.3) is 0 Å². The molecule has 148 valence electrons. The summed E-state index contributed by atoms with van der Waals surface area (Å²) in [4.78, 5) is 30.5. The number of methoxy groups -OCH3 is 1. The monoisotopic (exact) mass is 378 g/mol. The number of ether oxygens (including phenoxy) is 1. The summed E-state index contributed by atoms with van der Waals surface area (Å²) in [5.41, 5.74) is 0.390. The third-order valence-corrected chi connectivity index (χ3v) is 5.13. The van der Waals surface area contributed by atoms with Crippen molar-refractivity contribution in [3.8, 4) is 5.75 Å². The van der Waals surface area contributed by atoms with Crippen molar-refractivity contribution in [2.24, 2.45) is 0 Å². The standard InChI is InChI=1S/C19H27FN4O3/c1-27-17-6-5-15(13-16(17)20)21-19(26)24-11-9-22(10-12-24)14-18(25)23-7-3-2-4-8-23/h5-6,13H,2-4,7-12,14H2,1H3,(H,21,26). The molecule has 2 aliphatic rings. The zero-order valence-electron chi connectivity index (χ0n) is 15.7. The molecule has 0 unspecified atom stereocenters. The number of anilines is 1. The van der Waals surface area contributed by atoms with Crippen LogP contribution in [0.5, 0.6) is 5.75 Å². The fourth-order valence-corrected chi connectivity index (χ4v) is 3.49. The predicted octanol–water partition coefficient (Wildman–Crippen LogP) is 2.00. The Balaban J connectivity index is 1.45. The van der Waals surface area contributed by atoms with Crippen molar-refractivity contribution >= 4 is 17.6 Å². The first-order valence-electron chi connectivity index (χ1n) is 9.46. The van der Waals surface area contributed by atoms with Gasteiger partial charge in [0.1, 0.15) is 0 Å². The zero-order valence-corrected chi connectivity index (χ0v) is 15.7. The summed E-state index contributed by atoms with van der Waals surface area (Å²) in [5.74, 6) is -0.197. The summed E-state index contributed by atoms with van der Waals surface area (Å²) in [6.45, 7) is 4.53. The minimum atomic E-state index is -0.517. The van der Waals surface area contributed by atoms with Gasteiger partial charge in [-0.05, 0) is 31.4 Å². The second-order valence-corrected chi connectivity index (χ2v) is 6.98. The Hall–Kier alpha value is -2.35. The molecule has 3 rings (SSSR count). The van der Waals surface area contributed by atoms with Crippen LogP contribution in [-0.4, -0.2) is 79.6 Å². The maximum Gasteiger partial charge on any atom is 0.321 e. The molecule has 7 nitrogen and oxygen atoms in total. The summed E-state index contributed by atoms with van der Waals surface area (Å²) in [6, 6.07) is 4.06. The van der Waals surface area contributed by atoms with Crippen LogP contribution in [0.2, 0.25) is 0 Å². The maximum absolute atomic E-state index is 13.7. The SMILES string of the molecule is COc1ccc(NC(=O)N2CCN(CC(=O)N3CCCCC3)CC2)cc1F. The fraction of sp³-hybridized carbons (Fsp3) is 0.579. The number of hydrogen-bond donors (Lipinski definition) is 1. The van der Waals surface area contributed by atoms with Crippen LogP contribution in [0.1, 0.15) is 19.3 Å². The number of benzene rings is 1. The van der Waals surface area contributed by atoms with E-state index in [1.807, 2.05) is 4.90 Å². The summed E-state index contributed by atoms with van der Waals surface area (Å²) in [6.07, 6.45) is 3.38. The van der Waals surface area contributed by atoms with E-state index in [-0.39, 0.29) is 17.7 Å². The Morgan fingerprint density at radius 2 is 1.74 bits per heavy atom. The van der Waals surface area contributed by atoms with Gasteiger partial charge in [-0.3, -0.25) is 9.69 Å². The molecule has 0 aromatic heterocycles. The number of nitrogens with zero attached hydrogens (tertiary/aromatic N) is 3. The van der Waals surface area contributed by atoms with Crippen LogP contribution in [0, 0.1) is 5.82 Å². The number of piperazine rings is 1. The van der Waals surface area contributed by atoms with Gasteiger partial charge < -0.3 is 19.9 Å². The molecule has 0 radical (unpaired) electrons. The van der Waals surface area contributed by atoms with Crippen molar-refractivity contribution in [2.75, 3.05) is 58.2 Å². The molecule has 27 heavy (non-hydrogen) atoms. The molecule has 0 saturated carbocycles. The van der Waals surface area contributed by atoms with E-state index in [9.17, 15) is 14.0 Å². The minimum absolute atomic E-state index is 0.139. The topological polar surface area (TPSA) is 65.1 Å². The summed E-state index contributed by atoms with van der Waals surface area (Å²) in [7, 11) is 1.40. The van der Waals surface area contributed by atoms with Crippen LogP contribution < -0.4 is 10.1 Å². The largest absolute Gasteiger partial charge is 0.494 e. The molecule has 3 amide bonds. The molecule has 0 spiro atoms. The number of likely N-dealkylation sites (tertiary alicyclic amines) is 1. The first-order valence-corrected chi connectivity index (χ1v) is 9.46. The van der Waals surface area contributed by atoms with Crippen molar-refractivity contribution in [3.63, 3.8) is 0 Å². The summed E-state index contributed by atoms with van der Waals surface area (Å²) in [5, 5.41) is 2.71. The molecule has 2 aliphatic heterocycles. The molecule has 0 bridgehead atoms. The molecular formula is C19H27FN4O3. The lowest BCUT2D eigenvalue weighted by Gasteiger charge is -2.36. The maximum atomic E-state index is 13.7. The molecule has 1 N–H and O–H groups in total. The molecule has 0 aliphatic carbocycles. The van der Waals surface area contributed by atoms with E-state index in [1.54, 1.807) is 11.0 Å². The predicted molar refractivity (Wildman–Crippen MR) is 100 cm³/mol. The number of amides is 3. The van der Waals surface area contributed by atoms with Gasteiger partial charge in [-0.15, -0.1) is 0 Å². The summed E-state index contributed by atoms with van der Waals surface area (Å²) >= 11 is 0. The van der Waals surface area contributed by atoms with Gasteiger partial charge in [-0.25, -0.2) is 9.18 Å². The van der Waals surface area contributed by atoms with Crippen molar-refractivity contribution < 1.29 is 18.7 Å². The zero-order chi connectivity index (χ0) is 19.2. The van der Waals surface area contributed by atoms with Gasteiger partial charge in [0.15, 0.2) is 11.6 Å². The highest BCUT2D eigenvalue weighted by atomic mass is 19.1. The second-order valence-electron chi connectivity index (χ2n) is 6.98. The molecule has 2 saturated heterocycles. The highest BCUT2D eigenvalue weighted by molar-refractivity contribution is 5.89. The number of rotatable bonds is 4. The average Bonchev–Trinajstić information content (AvgIpc) is 2.69. The van der Waals surface area contributed by atoms with Gasteiger partial charge in [0, 0.05) is 51.0 Å². The lowest BCUT2D eigenvalue weighted by atomic mass is 10.1. The number of hydrogen-bond acceptors (Lipinski definition) is 4. The van der Waals surface area contributed by atoms with Crippen LogP contribution in [0.25, 0.3) is 0 Å². The number of halogens is 1. The van der Waals surface area contributed by atoms with Gasteiger partial charge in [-0.1, -0.05) is 0 Å². The van der Waals surface area contributed by atoms with E-state index in [0.29, 0.717) is 38.4 Å². The quantitative estimate of drug-likeness (QED) is 0.870. The van der Waals surface area contributed by atoms with E-state index in [4.69, 9.17) is 4.74 Å². The molecule has 2 heterocycles. The molecular weight excluding hydrogens is 351 g/mol. The van der Waals surface area contributed by atoms with Crippen LogP contribution in [-0.2, 0) is 4.79 Å². The fourth-order valence-electron chi connectivity index (χ4n) is 3.49. The first-order chi connectivity index (χ1) is 13.1. The van der Waals surface area contributed by atoms with Crippen LogP contribution >= 0.6 is 0 Å². The first kappa shape index (κ1) is 19.4. The summed E-state index contributed by atoms with van der Waals surface area (Å²) < 4.78 is 18.6. The number of piperidine rings is 1. The van der Waals surface area contributed by atoms with Crippen molar-refractivity contribution in [2.45, 2.75) is 19.3 Å². The average molecular weight is 378 g/mol. The molecule has 1 aromatic carbocycles. The van der Waals surface area contributed by atoms with E-state index in [0.717, 1.165) is 25.9 Å². The number of nitrogens with one attached hydrogen (secondary N) is 1. The van der Waals surface area contributed by atoms with E-state index in [1.165, 1.54) is 25.7 Å². The Labute approximate surface area is 159 Å². The molecule has 8 heteroatoms. The van der Waals surface area contributed by atoms with E-state index >= 15 is 0 Å². The van der Waals surface area contributed by atoms with Crippen LogP contribution in [0.3, 0.4) is 0 Å². The number of carbonyl (C=O) groups is 2. The second kappa shape index (κ2) is 9.03. The third-order valence-electron chi connectivity index (χ3n) is 5.13. The van der Waals surface area contributed by atoms with E-state index < -0.39 is 5.82 Å². The smallest absolute Gasteiger partial charge is 0.321 e. The highest BCUT2D eigenvalue weighted by Crippen LogP contribution is 2.21. The van der Waals surface area contributed by atoms with Crippen molar-refractivity contribution in [1.82, 2.24) is 14.7 Å². The van der Waals surface area contributed by atoms with Gasteiger partial charge in [0.05, 0.1) is 13.7 Å². The minimum Gasteiger partial charge on any atom is -0.494 e. The van der Waals surface area contributed by atoms with Crippen LogP contribution in [0.15, 0.2) is 18.2 Å². The lowest BCUT2D eigenvalue weighted by Crippen LogP contribution is -2.52. The Morgan fingerprint density at radius 3 is 2.37 bits per heavy atom. The molecule has 0 atom stereocenters. The lowest BCUT2D eigenvalue weighted by molar-refractivity contribution is -0.133.